The lowest BCUT2D eigenvalue weighted by atomic mass is 10.5. The van der Waals surface area contributed by atoms with Gasteiger partial charge in [0.15, 0.2) is 0 Å². The van der Waals surface area contributed by atoms with Crippen molar-refractivity contribution in [2.75, 3.05) is 72.7 Å². The molecule has 20 heavy (non-hydrogen) atoms. The molecule has 0 aromatic heterocycles. The zero-order valence-corrected chi connectivity index (χ0v) is 12.4. The van der Waals surface area contributed by atoms with Crippen molar-refractivity contribution in [3.05, 3.63) is 0 Å². The van der Waals surface area contributed by atoms with Gasteiger partial charge in [0.25, 0.3) is 0 Å². The minimum Gasteiger partial charge on any atom is -0.379 e. The Bertz CT molecular complexity index is 151. The minimum absolute atomic E-state index is 0.173. The minimum atomic E-state index is 0.173. The molecule has 0 aliphatic heterocycles. The van der Waals surface area contributed by atoms with Gasteiger partial charge in [-0.15, -0.1) is 0 Å². The number of rotatable bonds is 17. The average molecular weight is 296 g/mol. The molecule has 0 bridgehead atoms. The van der Waals surface area contributed by atoms with E-state index in [1.54, 1.807) is 0 Å². The highest BCUT2D eigenvalue weighted by Gasteiger charge is 1.93. The molecule has 0 heterocycles. The summed E-state index contributed by atoms with van der Waals surface area (Å²) in [4.78, 5) is 3.86. The Hall–Kier alpha value is -0.280. The van der Waals surface area contributed by atoms with Gasteiger partial charge in [-0.1, -0.05) is 6.92 Å². The van der Waals surface area contributed by atoms with E-state index in [4.69, 9.17) is 28.9 Å². The normalized spacial score (nSPS) is 11.1. The Morgan fingerprint density at radius 2 is 0.800 bits per heavy atom. The molecule has 0 saturated carbocycles. The first-order chi connectivity index (χ1) is 9.91. The summed E-state index contributed by atoms with van der Waals surface area (Å²) >= 11 is 0. The summed E-state index contributed by atoms with van der Waals surface area (Å²) in [6, 6.07) is 0. The van der Waals surface area contributed by atoms with Gasteiger partial charge in [-0.05, 0) is 6.42 Å². The van der Waals surface area contributed by atoms with Crippen LogP contribution in [0.2, 0.25) is 0 Å². The second-order valence-electron chi connectivity index (χ2n) is 3.90. The lowest BCUT2D eigenvalue weighted by molar-refractivity contribution is -0.249. The molecule has 0 aromatic carbocycles. The van der Waals surface area contributed by atoms with Crippen molar-refractivity contribution in [2.45, 2.75) is 13.3 Å². The molecule has 0 aliphatic carbocycles. The molecule has 0 atom stereocenters. The van der Waals surface area contributed by atoms with E-state index in [0.29, 0.717) is 59.5 Å². The second-order valence-corrected chi connectivity index (χ2v) is 3.90. The van der Waals surface area contributed by atoms with Gasteiger partial charge in [0.2, 0.25) is 0 Å². The van der Waals surface area contributed by atoms with E-state index in [0.717, 1.165) is 13.0 Å². The highest BCUT2D eigenvalue weighted by Crippen LogP contribution is 1.84. The monoisotopic (exact) mass is 296 g/mol. The van der Waals surface area contributed by atoms with Crippen LogP contribution >= 0.6 is 0 Å². The van der Waals surface area contributed by atoms with Crippen molar-refractivity contribution < 1.29 is 33.8 Å². The maximum absolute atomic E-state index is 8.04. The van der Waals surface area contributed by atoms with E-state index in [9.17, 15) is 0 Å². The predicted molar refractivity (Wildman–Crippen MR) is 73.0 cm³/mol. The van der Waals surface area contributed by atoms with Crippen molar-refractivity contribution in [1.29, 1.82) is 0 Å². The molecule has 0 spiro atoms. The van der Waals surface area contributed by atoms with E-state index < -0.39 is 0 Å². The fraction of sp³-hybridized carbons (Fsp3) is 1.00. The van der Waals surface area contributed by atoms with Crippen LogP contribution in [-0.4, -0.2) is 77.9 Å². The molecule has 0 unspecified atom stereocenters. The van der Waals surface area contributed by atoms with Crippen molar-refractivity contribution in [3.63, 3.8) is 0 Å². The topological polar surface area (TPSA) is 75.6 Å². The Balaban J connectivity index is 2.89. The molecule has 122 valence electrons. The molecule has 0 radical (unpaired) electrons. The van der Waals surface area contributed by atoms with E-state index in [1.807, 2.05) is 0 Å². The summed E-state index contributed by atoms with van der Waals surface area (Å²) in [5.74, 6) is 0. The molecule has 0 saturated heterocycles. The lowest BCUT2D eigenvalue weighted by Gasteiger charge is -2.07. The van der Waals surface area contributed by atoms with Crippen molar-refractivity contribution in [3.8, 4) is 0 Å². The SMILES string of the molecule is CCCOCCOCCOCCOCCOCCOO. The molecule has 0 fully saturated rings. The maximum atomic E-state index is 8.04. The van der Waals surface area contributed by atoms with Crippen LogP contribution in [-0.2, 0) is 28.6 Å². The van der Waals surface area contributed by atoms with Gasteiger partial charge >= 0.3 is 0 Å². The number of hydrogen-bond donors (Lipinski definition) is 1. The van der Waals surface area contributed by atoms with E-state index in [2.05, 4.69) is 11.8 Å². The third-order valence-corrected chi connectivity index (χ3v) is 2.16. The second kappa shape index (κ2) is 18.7. The van der Waals surface area contributed by atoms with Gasteiger partial charge < -0.3 is 23.7 Å². The smallest absolute Gasteiger partial charge is 0.105 e. The van der Waals surface area contributed by atoms with Crippen LogP contribution in [0.5, 0.6) is 0 Å². The van der Waals surface area contributed by atoms with Crippen LogP contribution in [0, 0.1) is 0 Å². The number of hydrogen-bond acceptors (Lipinski definition) is 7. The maximum Gasteiger partial charge on any atom is 0.105 e. The third-order valence-electron chi connectivity index (χ3n) is 2.16. The Morgan fingerprint density at radius 3 is 1.10 bits per heavy atom. The quantitative estimate of drug-likeness (QED) is 0.243. The Labute approximate surface area is 121 Å². The molecular formula is C13H28O7. The van der Waals surface area contributed by atoms with Crippen LogP contribution in [0.25, 0.3) is 0 Å². The summed E-state index contributed by atoms with van der Waals surface area (Å²) in [6.07, 6.45) is 1.03. The zero-order valence-electron chi connectivity index (χ0n) is 12.4. The first kappa shape index (κ1) is 19.7. The highest BCUT2D eigenvalue weighted by molar-refractivity contribution is 4.36. The summed E-state index contributed by atoms with van der Waals surface area (Å²) in [5.41, 5.74) is 0. The van der Waals surface area contributed by atoms with Gasteiger partial charge in [-0.2, -0.15) is 0 Å². The first-order valence-electron chi connectivity index (χ1n) is 7.07. The van der Waals surface area contributed by atoms with Crippen LogP contribution in [0.4, 0.5) is 0 Å². The zero-order chi connectivity index (χ0) is 14.7. The Kier molecular flexibility index (Phi) is 18.5. The van der Waals surface area contributed by atoms with Crippen LogP contribution in [0.3, 0.4) is 0 Å². The summed E-state index contributed by atoms with van der Waals surface area (Å²) in [5, 5.41) is 8.04. The van der Waals surface area contributed by atoms with Gasteiger partial charge in [0.1, 0.15) is 6.61 Å². The van der Waals surface area contributed by atoms with E-state index >= 15 is 0 Å². The predicted octanol–water partition coefficient (Wildman–Crippen LogP) is 0.969. The largest absolute Gasteiger partial charge is 0.379 e. The fourth-order valence-corrected chi connectivity index (χ4v) is 1.22. The molecule has 0 aliphatic rings. The average Bonchev–Trinajstić information content (AvgIpc) is 2.47. The lowest BCUT2D eigenvalue weighted by Crippen LogP contribution is -2.13. The molecule has 7 nitrogen and oxygen atoms in total. The highest BCUT2D eigenvalue weighted by atomic mass is 17.1. The van der Waals surface area contributed by atoms with Crippen LogP contribution in [0.1, 0.15) is 13.3 Å². The molecular weight excluding hydrogens is 268 g/mol. The standard InChI is InChI=1S/C13H28O7/c1-2-3-15-4-5-16-6-7-17-8-9-18-10-11-19-12-13-20-14/h14H,2-13H2,1H3. The molecule has 0 aromatic rings. The van der Waals surface area contributed by atoms with Crippen LogP contribution in [0.15, 0.2) is 0 Å². The van der Waals surface area contributed by atoms with Crippen molar-refractivity contribution >= 4 is 0 Å². The van der Waals surface area contributed by atoms with E-state index in [-0.39, 0.29) is 6.61 Å². The summed E-state index contributed by atoms with van der Waals surface area (Å²) in [7, 11) is 0. The third kappa shape index (κ3) is 17.7. The summed E-state index contributed by atoms with van der Waals surface area (Å²) in [6.45, 7) is 7.80. The van der Waals surface area contributed by atoms with Gasteiger partial charge in [-0.3, -0.25) is 5.26 Å². The van der Waals surface area contributed by atoms with Gasteiger partial charge in [-0.25, -0.2) is 4.89 Å². The first-order valence-corrected chi connectivity index (χ1v) is 7.07. The Morgan fingerprint density at radius 1 is 0.500 bits per heavy atom. The van der Waals surface area contributed by atoms with E-state index in [1.165, 1.54) is 0 Å². The van der Waals surface area contributed by atoms with Crippen LogP contribution < -0.4 is 0 Å². The number of ether oxygens (including phenoxy) is 5. The fourth-order valence-electron chi connectivity index (χ4n) is 1.22. The van der Waals surface area contributed by atoms with Crippen molar-refractivity contribution in [2.24, 2.45) is 0 Å². The molecule has 0 rings (SSSR count). The molecule has 1 N–H and O–H groups in total. The van der Waals surface area contributed by atoms with Gasteiger partial charge in [0, 0.05) is 6.61 Å². The van der Waals surface area contributed by atoms with Gasteiger partial charge in [0.05, 0.1) is 59.5 Å². The molecule has 0 amide bonds. The summed E-state index contributed by atoms with van der Waals surface area (Å²) < 4.78 is 26.3. The molecule has 7 heteroatoms. The van der Waals surface area contributed by atoms with Crippen molar-refractivity contribution in [1.82, 2.24) is 0 Å².